The maximum absolute atomic E-state index is 12.1. The molecule has 0 unspecified atom stereocenters. The van der Waals surface area contributed by atoms with Crippen molar-refractivity contribution in [1.82, 2.24) is 10.2 Å². The molecule has 0 radical (unpaired) electrons. The Morgan fingerprint density at radius 3 is 2.48 bits per heavy atom. The molecule has 0 aliphatic carbocycles. The number of amides is 2. The van der Waals surface area contributed by atoms with Crippen molar-refractivity contribution in [3.05, 3.63) is 0 Å². The number of hydrogen-bond donors (Lipinski definition) is 1. The van der Waals surface area contributed by atoms with Gasteiger partial charge < -0.3 is 19.7 Å². The van der Waals surface area contributed by atoms with E-state index < -0.39 is 23.7 Å². The van der Waals surface area contributed by atoms with Gasteiger partial charge in [-0.25, -0.2) is 9.59 Å². The number of carbonyl (C=O) groups excluding carboxylic acids is 3. The average Bonchev–Trinajstić information content (AvgIpc) is 2.42. The number of piperidine rings is 1. The maximum Gasteiger partial charge on any atom is 0.408 e. The number of ether oxygens (including phenoxy) is 2. The van der Waals surface area contributed by atoms with Crippen LogP contribution in [0.15, 0.2) is 0 Å². The lowest BCUT2D eigenvalue weighted by molar-refractivity contribution is -0.154. The van der Waals surface area contributed by atoms with Gasteiger partial charge >= 0.3 is 12.1 Å². The lowest BCUT2D eigenvalue weighted by Gasteiger charge is -2.33. The second kappa shape index (κ2) is 7.28. The minimum absolute atomic E-state index is 0.192. The number of esters is 1. The summed E-state index contributed by atoms with van der Waals surface area (Å²) in [5, 5.41) is 2.41. The van der Waals surface area contributed by atoms with Crippen LogP contribution in [0.3, 0.4) is 0 Å². The average molecular weight is 300 g/mol. The zero-order chi connectivity index (χ0) is 16.0. The van der Waals surface area contributed by atoms with Gasteiger partial charge in [-0.05, 0) is 40.0 Å². The molecule has 7 heteroatoms. The first-order chi connectivity index (χ1) is 9.74. The van der Waals surface area contributed by atoms with Crippen LogP contribution < -0.4 is 5.32 Å². The Bertz CT molecular complexity index is 403. The molecular formula is C14H24N2O5. The minimum atomic E-state index is -0.650. The molecule has 120 valence electrons. The van der Waals surface area contributed by atoms with Crippen LogP contribution in [0, 0.1) is 0 Å². The first-order valence-electron chi connectivity index (χ1n) is 7.09. The van der Waals surface area contributed by atoms with E-state index in [4.69, 9.17) is 9.47 Å². The molecule has 0 aromatic heterocycles. The highest BCUT2D eigenvalue weighted by atomic mass is 16.6. The summed E-state index contributed by atoms with van der Waals surface area (Å²) in [5.41, 5.74) is -0.618. The first-order valence-corrected chi connectivity index (χ1v) is 7.09. The minimum Gasteiger partial charge on any atom is -0.467 e. The van der Waals surface area contributed by atoms with Gasteiger partial charge in [-0.3, -0.25) is 4.79 Å². The molecule has 1 aliphatic heterocycles. The predicted molar refractivity (Wildman–Crippen MR) is 75.6 cm³/mol. The van der Waals surface area contributed by atoms with Crippen molar-refractivity contribution in [3.63, 3.8) is 0 Å². The maximum atomic E-state index is 12.1. The van der Waals surface area contributed by atoms with Crippen LogP contribution >= 0.6 is 0 Å². The summed E-state index contributed by atoms with van der Waals surface area (Å²) in [6.45, 7) is 5.53. The van der Waals surface area contributed by atoms with Gasteiger partial charge in [0, 0.05) is 6.54 Å². The molecule has 2 amide bonds. The quantitative estimate of drug-likeness (QED) is 0.788. The number of alkyl carbamates (subject to hydrolysis) is 1. The summed E-state index contributed by atoms with van der Waals surface area (Å²) in [7, 11) is 1.30. The summed E-state index contributed by atoms with van der Waals surface area (Å²) < 4.78 is 9.78. The van der Waals surface area contributed by atoms with Crippen molar-refractivity contribution >= 4 is 18.0 Å². The molecular weight excluding hydrogens is 276 g/mol. The molecule has 21 heavy (non-hydrogen) atoms. The molecule has 0 aromatic carbocycles. The molecule has 0 spiro atoms. The van der Waals surface area contributed by atoms with Gasteiger partial charge in [0.1, 0.15) is 18.2 Å². The van der Waals surface area contributed by atoms with Gasteiger partial charge in [-0.1, -0.05) is 0 Å². The highest BCUT2D eigenvalue weighted by molar-refractivity contribution is 5.87. The van der Waals surface area contributed by atoms with Crippen LogP contribution in [0.5, 0.6) is 0 Å². The van der Waals surface area contributed by atoms with Gasteiger partial charge in [0.05, 0.1) is 7.11 Å². The molecule has 1 N–H and O–H groups in total. The highest BCUT2D eigenvalue weighted by Crippen LogP contribution is 2.18. The van der Waals surface area contributed by atoms with Gasteiger partial charge in [-0.15, -0.1) is 0 Å². The monoisotopic (exact) mass is 300 g/mol. The number of likely N-dealkylation sites (tertiary alicyclic amines) is 1. The Kier molecular flexibility index (Phi) is 5.99. The van der Waals surface area contributed by atoms with Crippen LogP contribution in [0.1, 0.15) is 40.0 Å². The third kappa shape index (κ3) is 5.61. The summed E-state index contributed by atoms with van der Waals surface area (Å²) >= 11 is 0. The number of methoxy groups -OCH3 is 1. The number of hydrogen-bond acceptors (Lipinski definition) is 5. The zero-order valence-corrected chi connectivity index (χ0v) is 13.1. The Labute approximate surface area is 124 Å². The van der Waals surface area contributed by atoms with Gasteiger partial charge in [0.2, 0.25) is 5.91 Å². The van der Waals surface area contributed by atoms with Crippen LogP contribution in [0.25, 0.3) is 0 Å². The third-order valence-corrected chi connectivity index (χ3v) is 3.08. The third-order valence-electron chi connectivity index (χ3n) is 3.08. The fraction of sp³-hybridized carbons (Fsp3) is 0.786. The number of nitrogens with zero attached hydrogens (tertiary/aromatic N) is 1. The summed E-state index contributed by atoms with van der Waals surface area (Å²) in [6.07, 6.45) is 1.65. The van der Waals surface area contributed by atoms with Crippen LogP contribution in [0.2, 0.25) is 0 Å². The van der Waals surface area contributed by atoms with Crippen molar-refractivity contribution in [1.29, 1.82) is 0 Å². The second-order valence-corrected chi connectivity index (χ2v) is 5.98. The highest BCUT2D eigenvalue weighted by Gasteiger charge is 2.32. The van der Waals surface area contributed by atoms with Gasteiger partial charge in [0.25, 0.3) is 0 Å². The van der Waals surface area contributed by atoms with Crippen molar-refractivity contribution in [2.45, 2.75) is 51.7 Å². The van der Waals surface area contributed by atoms with E-state index >= 15 is 0 Å². The second-order valence-electron chi connectivity index (χ2n) is 5.98. The summed E-state index contributed by atoms with van der Waals surface area (Å²) in [5.74, 6) is -0.726. The van der Waals surface area contributed by atoms with E-state index in [1.807, 2.05) is 0 Å². The van der Waals surface area contributed by atoms with E-state index in [-0.39, 0.29) is 12.5 Å². The van der Waals surface area contributed by atoms with E-state index in [0.717, 1.165) is 12.8 Å². The molecule has 0 saturated carbocycles. The molecule has 7 nitrogen and oxygen atoms in total. The lowest BCUT2D eigenvalue weighted by Crippen LogP contribution is -2.51. The molecule has 1 fully saturated rings. The Balaban J connectivity index is 2.53. The molecule has 0 bridgehead atoms. The molecule has 1 atom stereocenters. The Hall–Kier alpha value is -1.79. The van der Waals surface area contributed by atoms with Crippen molar-refractivity contribution in [2.24, 2.45) is 0 Å². The van der Waals surface area contributed by atoms with E-state index in [9.17, 15) is 14.4 Å². The van der Waals surface area contributed by atoms with Crippen molar-refractivity contribution in [3.8, 4) is 0 Å². The summed E-state index contributed by atoms with van der Waals surface area (Å²) in [4.78, 5) is 36.8. The Morgan fingerprint density at radius 2 is 1.90 bits per heavy atom. The van der Waals surface area contributed by atoms with E-state index in [0.29, 0.717) is 13.0 Å². The molecule has 1 heterocycles. The normalized spacial score (nSPS) is 18.9. The number of nitrogens with one attached hydrogen (secondary N) is 1. The zero-order valence-electron chi connectivity index (χ0n) is 13.1. The number of carbonyl (C=O) groups is 3. The smallest absolute Gasteiger partial charge is 0.408 e. The summed E-state index contributed by atoms with van der Waals surface area (Å²) in [6, 6.07) is -0.559. The van der Waals surface area contributed by atoms with Gasteiger partial charge in [-0.2, -0.15) is 0 Å². The van der Waals surface area contributed by atoms with E-state index in [1.54, 1.807) is 20.8 Å². The predicted octanol–water partition coefficient (Wildman–Crippen LogP) is 1.07. The van der Waals surface area contributed by atoms with Crippen molar-refractivity contribution < 1.29 is 23.9 Å². The largest absolute Gasteiger partial charge is 0.467 e. The molecule has 1 rings (SSSR count). The standard InChI is InChI=1S/C14H24N2O5/c1-14(2,3)21-13(19)15-9-11(17)16-8-6-5-7-10(16)12(18)20-4/h10H,5-9H2,1-4H3,(H,15,19)/t10-/m0/s1. The van der Waals surface area contributed by atoms with Crippen LogP contribution in [-0.4, -0.2) is 54.7 Å². The molecule has 1 aliphatic rings. The van der Waals surface area contributed by atoms with E-state index in [1.165, 1.54) is 12.0 Å². The van der Waals surface area contributed by atoms with Crippen molar-refractivity contribution in [2.75, 3.05) is 20.2 Å². The topological polar surface area (TPSA) is 84.9 Å². The fourth-order valence-corrected chi connectivity index (χ4v) is 2.17. The fourth-order valence-electron chi connectivity index (χ4n) is 2.17. The number of rotatable bonds is 3. The first kappa shape index (κ1) is 17.3. The molecule has 1 saturated heterocycles. The van der Waals surface area contributed by atoms with Crippen LogP contribution in [0.4, 0.5) is 4.79 Å². The van der Waals surface area contributed by atoms with Gasteiger partial charge in [0.15, 0.2) is 0 Å². The Morgan fingerprint density at radius 1 is 1.24 bits per heavy atom. The van der Waals surface area contributed by atoms with E-state index in [2.05, 4.69) is 5.32 Å². The van der Waals surface area contributed by atoms with Crippen LogP contribution in [-0.2, 0) is 19.1 Å². The SMILES string of the molecule is COC(=O)[C@@H]1CCCCN1C(=O)CNC(=O)OC(C)(C)C. The lowest BCUT2D eigenvalue weighted by atomic mass is 10.0. The molecule has 0 aromatic rings.